The maximum atomic E-state index is 8.86. The van der Waals surface area contributed by atoms with Crippen LogP contribution in [0.4, 0.5) is 0 Å². The maximum Gasteiger partial charge on any atom is 0.108 e. The van der Waals surface area contributed by atoms with Crippen molar-refractivity contribution in [3.8, 4) is 23.0 Å². The number of nitriles is 1. The average Bonchev–Trinajstić information content (AvgIpc) is 3.39. The average molecular weight is 367 g/mol. The molecule has 0 atom stereocenters. The molecule has 0 saturated heterocycles. The van der Waals surface area contributed by atoms with Crippen LogP contribution >= 0.6 is 11.3 Å². The van der Waals surface area contributed by atoms with Crippen molar-refractivity contribution in [1.29, 1.82) is 5.26 Å². The molecule has 128 valence electrons. The summed E-state index contributed by atoms with van der Waals surface area (Å²) in [4.78, 5) is 13.6. The van der Waals surface area contributed by atoms with Crippen LogP contribution < -0.4 is 0 Å². The van der Waals surface area contributed by atoms with Gasteiger partial charge in [-0.3, -0.25) is 14.5 Å². The van der Waals surface area contributed by atoms with Crippen LogP contribution in [0.5, 0.6) is 0 Å². The van der Waals surface area contributed by atoms with E-state index in [1.165, 1.54) is 0 Å². The molecule has 1 aromatic carbocycles. The largest absolute Gasteiger partial charge is 0.298 e. The summed E-state index contributed by atoms with van der Waals surface area (Å²) in [6, 6.07) is 14.3. The fourth-order valence-electron chi connectivity index (χ4n) is 3.23. The monoisotopic (exact) mass is 367 g/mol. The predicted octanol–water partition coefficient (Wildman–Crippen LogP) is 4.76. The molecule has 5 nitrogen and oxygen atoms in total. The zero-order valence-electron chi connectivity index (χ0n) is 14.2. The SMILES string of the molecule is N#CCc1ccc(-n2cnc3cnc4cnc(-c5ccsc5)cc4c32)cc1. The molecule has 0 aliphatic carbocycles. The Bertz CT molecular complexity index is 1290. The Labute approximate surface area is 159 Å². The quantitative estimate of drug-likeness (QED) is 0.461. The molecule has 0 N–H and O–H groups in total. The van der Waals surface area contributed by atoms with Crippen molar-refractivity contribution in [3.05, 3.63) is 71.4 Å². The Morgan fingerprint density at radius 2 is 1.85 bits per heavy atom. The second kappa shape index (κ2) is 6.31. The second-order valence-corrected chi connectivity index (χ2v) is 6.99. The van der Waals surface area contributed by atoms with Gasteiger partial charge in [0.05, 0.1) is 41.6 Å². The molecule has 0 radical (unpaired) electrons. The second-order valence-electron chi connectivity index (χ2n) is 6.21. The minimum Gasteiger partial charge on any atom is -0.298 e. The summed E-state index contributed by atoms with van der Waals surface area (Å²) in [6.07, 6.45) is 5.82. The highest BCUT2D eigenvalue weighted by Gasteiger charge is 2.12. The Kier molecular flexibility index (Phi) is 3.66. The van der Waals surface area contributed by atoms with Gasteiger partial charge in [0.15, 0.2) is 0 Å². The molecule has 4 aromatic heterocycles. The van der Waals surface area contributed by atoms with Gasteiger partial charge in [0, 0.05) is 22.0 Å². The molecule has 5 rings (SSSR count). The van der Waals surface area contributed by atoms with Crippen LogP contribution in [-0.2, 0) is 6.42 Å². The van der Waals surface area contributed by atoms with Gasteiger partial charge in [0.25, 0.3) is 0 Å². The summed E-state index contributed by atoms with van der Waals surface area (Å²) in [7, 11) is 0. The van der Waals surface area contributed by atoms with E-state index >= 15 is 0 Å². The third kappa shape index (κ3) is 2.65. The Balaban J connectivity index is 1.73. The number of hydrogen-bond acceptors (Lipinski definition) is 5. The first-order valence-corrected chi connectivity index (χ1v) is 9.38. The third-order valence-electron chi connectivity index (χ3n) is 4.57. The van der Waals surface area contributed by atoms with Gasteiger partial charge in [0.2, 0.25) is 0 Å². The number of rotatable bonds is 3. The molecule has 27 heavy (non-hydrogen) atoms. The fraction of sp³-hybridized carbons (Fsp3) is 0.0476. The Morgan fingerprint density at radius 3 is 2.63 bits per heavy atom. The smallest absolute Gasteiger partial charge is 0.108 e. The number of fused-ring (bicyclic) bond motifs is 3. The van der Waals surface area contributed by atoms with Gasteiger partial charge in [-0.05, 0) is 35.2 Å². The van der Waals surface area contributed by atoms with E-state index in [-0.39, 0.29) is 0 Å². The van der Waals surface area contributed by atoms with Crippen molar-refractivity contribution in [1.82, 2.24) is 19.5 Å². The first-order valence-electron chi connectivity index (χ1n) is 8.44. The van der Waals surface area contributed by atoms with E-state index in [1.54, 1.807) is 17.5 Å². The first kappa shape index (κ1) is 15.7. The Hall–Kier alpha value is -3.56. The van der Waals surface area contributed by atoms with Crippen LogP contribution in [0.25, 0.3) is 38.9 Å². The predicted molar refractivity (Wildman–Crippen MR) is 107 cm³/mol. The molecule has 0 fully saturated rings. The van der Waals surface area contributed by atoms with Crippen molar-refractivity contribution in [3.63, 3.8) is 0 Å². The van der Waals surface area contributed by atoms with Gasteiger partial charge in [-0.15, -0.1) is 0 Å². The van der Waals surface area contributed by atoms with Gasteiger partial charge in [-0.1, -0.05) is 12.1 Å². The number of pyridine rings is 2. The molecule has 0 spiro atoms. The summed E-state index contributed by atoms with van der Waals surface area (Å²) in [5, 5.41) is 14.0. The zero-order valence-corrected chi connectivity index (χ0v) is 15.0. The van der Waals surface area contributed by atoms with Crippen LogP contribution in [0.3, 0.4) is 0 Å². The molecule has 0 aliphatic rings. The van der Waals surface area contributed by atoms with Crippen molar-refractivity contribution < 1.29 is 0 Å². The lowest BCUT2D eigenvalue weighted by Gasteiger charge is -2.08. The summed E-state index contributed by atoms with van der Waals surface area (Å²) < 4.78 is 2.06. The molecule has 4 heterocycles. The van der Waals surface area contributed by atoms with Crippen molar-refractivity contribution in [2.75, 3.05) is 0 Å². The molecule has 6 heteroatoms. The van der Waals surface area contributed by atoms with Crippen molar-refractivity contribution in [2.45, 2.75) is 6.42 Å². The lowest BCUT2D eigenvalue weighted by Crippen LogP contribution is -1.95. The van der Waals surface area contributed by atoms with E-state index in [0.29, 0.717) is 6.42 Å². The number of aromatic nitrogens is 4. The standard InChI is InChI=1S/C21H13N5S/c22-7-5-14-1-3-16(4-2-14)26-13-25-20-11-24-19-10-23-18(9-17(19)21(20)26)15-6-8-27-12-15/h1-4,6,8-13H,5H2. The minimum atomic E-state index is 0.410. The van der Waals surface area contributed by atoms with Crippen LogP contribution in [0, 0.1) is 11.3 Å². The fourth-order valence-corrected chi connectivity index (χ4v) is 3.88. The third-order valence-corrected chi connectivity index (χ3v) is 5.26. The number of imidazole rings is 1. The van der Waals surface area contributed by atoms with Crippen molar-refractivity contribution in [2.24, 2.45) is 0 Å². The highest BCUT2D eigenvalue weighted by atomic mass is 32.1. The zero-order chi connectivity index (χ0) is 18.2. The van der Waals surface area contributed by atoms with E-state index in [1.807, 2.05) is 42.2 Å². The summed E-state index contributed by atoms with van der Waals surface area (Å²) in [5.41, 5.74) is 6.71. The number of hydrogen-bond donors (Lipinski definition) is 0. The molecular weight excluding hydrogens is 354 g/mol. The molecule has 0 amide bonds. The summed E-state index contributed by atoms with van der Waals surface area (Å²) in [5.74, 6) is 0. The van der Waals surface area contributed by atoms with Crippen molar-refractivity contribution >= 4 is 33.3 Å². The van der Waals surface area contributed by atoms with E-state index in [0.717, 1.165) is 44.4 Å². The summed E-state index contributed by atoms with van der Waals surface area (Å²) >= 11 is 1.65. The van der Waals surface area contributed by atoms with Gasteiger partial charge < -0.3 is 0 Å². The topological polar surface area (TPSA) is 67.4 Å². The Morgan fingerprint density at radius 1 is 1.00 bits per heavy atom. The normalized spacial score (nSPS) is 11.1. The molecule has 0 unspecified atom stereocenters. The lowest BCUT2D eigenvalue weighted by molar-refractivity contribution is 1.09. The van der Waals surface area contributed by atoms with Gasteiger partial charge in [0.1, 0.15) is 11.8 Å². The molecule has 0 bridgehead atoms. The summed E-state index contributed by atoms with van der Waals surface area (Å²) in [6.45, 7) is 0. The van der Waals surface area contributed by atoms with E-state index < -0.39 is 0 Å². The van der Waals surface area contributed by atoms with E-state index in [2.05, 4.69) is 43.1 Å². The minimum absolute atomic E-state index is 0.410. The number of benzene rings is 1. The highest BCUT2D eigenvalue weighted by Crippen LogP contribution is 2.29. The molecular formula is C21H13N5S. The van der Waals surface area contributed by atoms with Crippen LogP contribution in [0.2, 0.25) is 0 Å². The van der Waals surface area contributed by atoms with E-state index in [9.17, 15) is 0 Å². The number of nitrogens with zero attached hydrogens (tertiary/aromatic N) is 5. The van der Waals surface area contributed by atoms with Gasteiger partial charge in [-0.25, -0.2) is 4.98 Å². The van der Waals surface area contributed by atoms with Gasteiger partial charge in [-0.2, -0.15) is 16.6 Å². The number of thiophene rings is 1. The molecule has 0 aliphatic heterocycles. The van der Waals surface area contributed by atoms with Crippen LogP contribution in [-0.4, -0.2) is 19.5 Å². The first-order chi connectivity index (χ1) is 13.3. The molecule has 0 saturated carbocycles. The van der Waals surface area contributed by atoms with Gasteiger partial charge >= 0.3 is 0 Å². The maximum absolute atomic E-state index is 8.86. The van der Waals surface area contributed by atoms with E-state index in [4.69, 9.17) is 5.26 Å². The molecule has 5 aromatic rings. The van der Waals surface area contributed by atoms with Crippen LogP contribution in [0.1, 0.15) is 5.56 Å². The highest BCUT2D eigenvalue weighted by molar-refractivity contribution is 7.08. The lowest BCUT2D eigenvalue weighted by atomic mass is 10.1. The van der Waals surface area contributed by atoms with Crippen LogP contribution in [0.15, 0.2) is 65.9 Å².